The number of nitrogens with zero attached hydrogens (tertiary/aromatic N) is 3. The van der Waals surface area contributed by atoms with Crippen molar-refractivity contribution >= 4 is 23.1 Å². The SMILES string of the molecule is C=CCNC(=O)c1cc(Nc2ccc(N3CCC(C)CC3)cc2)nc(C)n1. The van der Waals surface area contributed by atoms with Gasteiger partial charge in [0, 0.05) is 37.1 Å². The van der Waals surface area contributed by atoms with Gasteiger partial charge in [0.1, 0.15) is 17.3 Å². The van der Waals surface area contributed by atoms with Gasteiger partial charge in [-0.1, -0.05) is 13.0 Å². The Morgan fingerprint density at radius 1 is 1.26 bits per heavy atom. The van der Waals surface area contributed by atoms with Gasteiger partial charge < -0.3 is 15.5 Å². The molecule has 0 aliphatic carbocycles. The number of hydrogen-bond donors (Lipinski definition) is 2. The van der Waals surface area contributed by atoms with Gasteiger partial charge in [0.05, 0.1) is 0 Å². The van der Waals surface area contributed by atoms with Gasteiger partial charge in [-0.3, -0.25) is 4.79 Å². The van der Waals surface area contributed by atoms with Crippen LogP contribution in [0.1, 0.15) is 36.1 Å². The molecular formula is C21H27N5O. The molecule has 142 valence electrons. The lowest BCUT2D eigenvalue weighted by Gasteiger charge is -2.32. The lowest BCUT2D eigenvalue weighted by atomic mass is 9.99. The highest BCUT2D eigenvalue weighted by Gasteiger charge is 2.16. The second-order valence-corrected chi connectivity index (χ2v) is 7.03. The minimum Gasteiger partial charge on any atom is -0.372 e. The first-order valence-electron chi connectivity index (χ1n) is 9.42. The maximum Gasteiger partial charge on any atom is 0.270 e. The Hall–Kier alpha value is -2.89. The van der Waals surface area contributed by atoms with Crippen LogP contribution in [-0.4, -0.2) is 35.5 Å². The summed E-state index contributed by atoms with van der Waals surface area (Å²) in [6, 6.07) is 10.0. The standard InChI is InChI=1S/C21H27N5O/c1-4-11-22-21(27)19-14-20(24-16(3)23-19)25-17-5-7-18(8-6-17)26-12-9-15(2)10-13-26/h4-8,14-15H,1,9-13H2,2-3H3,(H,22,27)(H,23,24,25). The van der Waals surface area contributed by atoms with Gasteiger partial charge in [0.15, 0.2) is 0 Å². The van der Waals surface area contributed by atoms with Crippen LogP contribution in [0.25, 0.3) is 0 Å². The van der Waals surface area contributed by atoms with E-state index in [9.17, 15) is 4.79 Å². The van der Waals surface area contributed by atoms with Gasteiger partial charge in [-0.15, -0.1) is 6.58 Å². The molecule has 6 nitrogen and oxygen atoms in total. The number of carbonyl (C=O) groups is 1. The van der Waals surface area contributed by atoms with Gasteiger partial charge in [0.25, 0.3) is 5.91 Å². The number of carbonyl (C=O) groups excluding carboxylic acids is 1. The van der Waals surface area contributed by atoms with Crippen molar-refractivity contribution in [3.63, 3.8) is 0 Å². The smallest absolute Gasteiger partial charge is 0.270 e. The first kappa shape index (κ1) is 18.9. The Balaban J connectivity index is 1.69. The highest BCUT2D eigenvalue weighted by atomic mass is 16.1. The van der Waals surface area contributed by atoms with E-state index in [1.165, 1.54) is 18.5 Å². The van der Waals surface area contributed by atoms with E-state index in [2.05, 4.69) is 51.1 Å². The zero-order valence-corrected chi connectivity index (χ0v) is 16.0. The van der Waals surface area contributed by atoms with Gasteiger partial charge >= 0.3 is 0 Å². The van der Waals surface area contributed by atoms with Crippen LogP contribution in [0.5, 0.6) is 0 Å². The van der Waals surface area contributed by atoms with Gasteiger partial charge in [-0.2, -0.15) is 0 Å². The van der Waals surface area contributed by atoms with Crippen LogP contribution in [-0.2, 0) is 0 Å². The van der Waals surface area contributed by atoms with Crippen LogP contribution >= 0.6 is 0 Å². The fourth-order valence-electron chi connectivity index (χ4n) is 3.17. The Morgan fingerprint density at radius 3 is 2.63 bits per heavy atom. The second kappa shape index (κ2) is 8.66. The molecular weight excluding hydrogens is 338 g/mol. The molecule has 0 atom stereocenters. The third-order valence-corrected chi connectivity index (χ3v) is 4.77. The average Bonchev–Trinajstić information content (AvgIpc) is 2.67. The third-order valence-electron chi connectivity index (χ3n) is 4.77. The third kappa shape index (κ3) is 5.06. The van der Waals surface area contributed by atoms with Gasteiger partial charge in [-0.05, 0) is 49.9 Å². The molecule has 3 rings (SSSR count). The van der Waals surface area contributed by atoms with Crippen molar-refractivity contribution in [1.29, 1.82) is 0 Å². The number of aromatic nitrogens is 2. The van der Waals surface area contributed by atoms with Crippen molar-refractivity contribution in [2.75, 3.05) is 29.9 Å². The lowest BCUT2D eigenvalue weighted by Crippen LogP contribution is -2.32. The topological polar surface area (TPSA) is 70.2 Å². The van der Waals surface area contributed by atoms with E-state index >= 15 is 0 Å². The summed E-state index contributed by atoms with van der Waals surface area (Å²) in [7, 11) is 0. The number of rotatable bonds is 6. The fraction of sp³-hybridized carbons (Fsp3) is 0.381. The van der Waals surface area contributed by atoms with Gasteiger partial charge in [-0.25, -0.2) is 9.97 Å². The van der Waals surface area contributed by atoms with Gasteiger partial charge in [0.2, 0.25) is 0 Å². The number of aryl methyl sites for hydroxylation is 1. The van der Waals surface area contributed by atoms with E-state index in [1.807, 2.05) is 12.1 Å². The highest BCUT2D eigenvalue weighted by Crippen LogP contribution is 2.25. The number of benzene rings is 1. The van der Waals surface area contributed by atoms with E-state index in [4.69, 9.17) is 0 Å². The highest BCUT2D eigenvalue weighted by molar-refractivity contribution is 5.93. The summed E-state index contributed by atoms with van der Waals surface area (Å²) in [4.78, 5) is 23.1. The van der Waals surface area contributed by atoms with Crippen LogP contribution < -0.4 is 15.5 Å². The molecule has 0 spiro atoms. The van der Waals surface area contributed by atoms with Crippen molar-refractivity contribution in [3.05, 3.63) is 54.5 Å². The van der Waals surface area contributed by atoms with E-state index in [-0.39, 0.29) is 5.91 Å². The summed E-state index contributed by atoms with van der Waals surface area (Å²) in [5.41, 5.74) is 2.52. The molecule has 2 heterocycles. The van der Waals surface area contributed by atoms with Crippen LogP contribution in [0.3, 0.4) is 0 Å². The number of hydrogen-bond acceptors (Lipinski definition) is 5. The predicted octanol–water partition coefficient (Wildman–Crippen LogP) is 3.68. The maximum absolute atomic E-state index is 12.1. The summed E-state index contributed by atoms with van der Waals surface area (Å²) in [5, 5.41) is 6.00. The van der Waals surface area contributed by atoms with E-state index in [1.54, 1.807) is 19.1 Å². The molecule has 1 amide bonds. The van der Waals surface area contributed by atoms with Crippen LogP contribution in [0.4, 0.5) is 17.2 Å². The molecule has 1 aliphatic rings. The minimum atomic E-state index is -0.238. The zero-order chi connectivity index (χ0) is 19.2. The van der Waals surface area contributed by atoms with Crippen molar-refractivity contribution in [2.45, 2.75) is 26.7 Å². The molecule has 1 saturated heterocycles. The summed E-state index contributed by atoms with van der Waals surface area (Å²) in [6.45, 7) is 10.3. The minimum absolute atomic E-state index is 0.238. The average molecular weight is 365 g/mol. The molecule has 2 N–H and O–H groups in total. The summed E-state index contributed by atoms with van der Waals surface area (Å²) in [5.74, 6) is 1.73. The Labute approximate surface area is 160 Å². The second-order valence-electron chi connectivity index (χ2n) is 7.03. The first-order valence-corrected chi connectivity index (χ1v) is 9.42. The molecule has 6 heteroatoms. The lowest BCUT2D eigenvalue weighted by molar-refractivity contribution is 0.0952. The normalized spacial score (nSPS) is 14.7. The molecule has 0 saturated carbocycles. The fourth-order valence-corrected chi connectivity index (χ4v) is 3.17. The summed E-state index contributed by atoms with van der Waals surface area (Å²) < 4.78 is 0. The number of piperidine rings is 1. The van der Waals surface area contributed by atoms with Crippen LogP contribution in [0.2, 0.25) is 0 Å². The van der Waals surface area contributed by atoms with Crippen molar-refractivity contribution in [3.8, 4) is 0 Å². The molecule has 1 fully saturated rings. The van der Waals surface area contributed by atoms with E-state index in [0.717, 1.165) is 24.7 Å². The maximum atomic E-state index is 12.1. The van der Waals surface area contributed by atoms with Crippen LogP contribution in [0, 0.1) is 12.8 Å². The van der Waals surface area contributed by atoms with Crippen LogP contribution in [0.15, 0.2) is 43.0 Å². The molecule has 2 aromatic rings. The molecule has 0 bridgehead atoms. The van der Waals surface area contributed by atoms with E-state index in [0.29, 0.717) is 23.9 Å². The predicted molar refractivity (Wildman–Crippen MR) is 110 cm³/mol. The number of nitrogens with one attached hydrogen (secondary N) is 2. The molecule has 0 radical (unpaired) electrons. The summed E-state index contributed by atoms with van der Waals surface area (Å²) in [6.07, 6.45) is 4.13. The molecule has 1 aromatic carbocycles. The first-order chi connectivity index (χ1) is 13.0. The molecule has 27 heavy (non-hydrogen) atoms. The molecule has 1 aromatic heterocycles. The number of amides is 1. The Kier molecular flexibility index (Phi) is 6.06. The Morgan fingerprint density at radius 2 is 1.96 bits per heavy atom. The van der Waals surface area contributed by atoms with Crippen molar-refractivity contribution < 1.29 is 4.79 Å². The molecule has 1 aliphatic heterocycles. The quantitative estimate of drug-likeness (QED) is 0.764. The number of anilines is 3. The van der Waals surface area contributed by atoms with Crippen molar-refractivity contribution in [1.82, 2.24) is 15.3 Å². The zero-order valence-electron chi connectivity index (χ0n) is 16.0. The Bertz CT molecular complexity index is 795. The summed E-state index contributed by atoms with van der Waals surface area (Å²) >= 11 is 0. The van der Waals surface area contributed by atoms with Crippen molar-refractivity contribution in [2.24, 2.45) is 5.92 Å². The molecule has 0 unspecified atom stereocenters. The monoisotopic (exact) mass is 365 g/mol. The van der Waals surface area contributed by atoms with E-state index < -0.39 is 0 Å². The largest absolute Gasteiger partial charge is 0.372 e.